The number of carbonyl (C=O) groups excluding carboxylic acids is 3. The summed E-state index contributed by atoms with van der Waals surface area (Å²) in [5.74, 6) is 0.602. The second-order valence-corrected chi connectivity index (χ2v) is 12.4. The van der Waals surface area contributed by atoms with Crippen LogP contribution in [0.4, 0.5) is 11.4 Å². The molecular weight excluding hydrogens is 651 g/mol. The number of hydrogen-bond acceptors (Lipinski definition) is 7. The van der Waals surface area contributed by atoms with E-state index in [-0.39, 0.29) is 11.6 Å². The maximum Gasteiger partial charge on any atom is 0.272 e. The number of anilines is 2. The molecule has 0 saturated carbocycles. The first-order valence-electron chi connectivity index (χ1n) is 15.8. The van der Waals surface area contributed by atoms with Crippen LogP contribution in [-0.2, 0) is 16.2 Å². The van der Waals surface area contributed by atoms with Crippen molar-refractivity contribution >= 4 is 46.9 Å². The van der Waals surface area contributed by atoms with Gasteiger partial charge in [0.2, 0.25) is 5.91 Å². The minimum Gasteiger partial charge on any atom is -0.497 e. The Hall–Kier alpha value is -6.00. The standard InChI is InChI=1S/C40H37N3O6S/c1-27(38(44)42-35-22-21-33(47-2)25-37(35)48-3)50-34-16-10-15-31(24-34)41-40(46)36(43-39(45)30-13-8-5-9-14-30)23-28-17-19-32(20-18-28)49-26-29-11-6-4-7-12-29/h4-25,27H,26H2,1-3H3,(H,41,46)(H,42,44)(H,43,45)/b36-23-. The Morgan fingerprint density at radius 1 is 0.740 bits per heavy atom. The van der Waals surface area contributed by atoms with Crippen LogP contribution < -0.4 is 30.2 Å². The Bertz CT molecular complexity index is 1950. The van der Waals surface area contributed by atoms with E-state index in [1.54, 1.807) is 80.8 Å². The molecule has 0 radical (unpaired) electrons. The fourth-order valence-corrected chi connectivity index (χ4v) is 5.68. The third kappa shape index (κ3) is 10.0. The second kappa shape index (κ2) is 17.4. The highest BCUT2D eigenvalue weighted by Gasteiger charge is 2.19. The summed E-state index contributed by atoms with van der Waals surface area (Å²) in [6.07, 6.45) is 1.61. The second-order valence-electron chi connectivity index (χ2n) is 11.0. The van der Waals surface area contributed by atoms with E-state index >= 15 is 0 Å². The van der Waals surface area contributed by atoms with Gasteiger partial charge in [0.15, 0.2) is 0 Å². The molecule has 0 saturated heterocycles. The normalized spacial score (nSPS) is 11.5. The molecule has 3 N–H and O–H groups in total. The molecule has 0 heterocycles. The Labute approximate surface area is 295 Å². The molecule has 5 aromatic carbocycles. The van der Waals surface area contributed by atoms with Gasteiger partial charge in [-0.25, -0.2) is 0 Å². The predicted octanol–water partition coefficient (Wildman–Crippen LogP) is 7.81. The first-order chi connectivity index (χ1) is 24.3. The van der Waals surface area contributed by atoms with Gasteiger partial charge in [-0.15, -0.1) is 11.8 Å². The number of hydrogen-bond donors (Lipinski definition) is 3. The number of amides is 3. The molecule has 50 heavy (non-hydrogen) atoms. The van der Waals surface area contributed by atoms with Crippen LogP contribution in [0, 0.1) is 0 Å². The largest absolute Gasteiger partial charge is 0.497 e. The topological polar surface area (TPSA) is 115 Å². The molecule has 9 nitrogen and oxygen atoms in total. The third-order valence-corrected chi connectivity index (χ3v) is 8.50. The van der Waals surface area contributed by atoms with Crippen molar-refractivity contribution in [3.8, 4) is 17.2 Å². The molecule has 0 spiro atoms. The van der Waals surface area contributed by atoms with Crippen molar-refractivity contribution in [2.45, 2.75) is 23.7 Å². The molecule has 0 aliphatic carbocycles. The van der Waals surface area contributed by atoms with Crippen LogP contribution in [-0.4, -0.2) is 37.2 Å². The van der Waals surface area contributed by atoms with Gasteiger partial charge in [-0.3, -0.25) is 14.4 Å². The minimum atomic E-state index is -0.516. The summed E-state index contributed by atoms with van der Waals surface area (Å²) < 4.78 is 16.5. The summed E-state index contributed by atoms with van der Waals surface area (Å²) in [6, 6.07) is 38.1. The molecule has 0 aliphatic heterocycles. The zero-order chi connectivity index (χ0) is 35.3. The Morgan fingerprint density at radius 2 is 1.44 bits per heavy atom. The number of methoxy groups -OCH3 is 2. The average molecular weight is 688 g/mol. The van der Waals surface area contributed by atoms with Gasteiger partial charge in [-0.1, -0.05) is 66.7 Å². The van der Waals surface area contributed by atoms with Crippen molar-refractivity contribution in [2.75, 3.05) is 24.9 Å². The molecule has 0 aliphatic rings. The van der Waals surface area contributed by atoms with Gasteiger partial charge in [-0.2, -0.15) is 0 Å². The van der Waals surface area contributed by atoms with Crippen LogP contribution in [0.15, 0.2) is 138 Å². The SMILES string of the molecule is COc1ccc(NC(=O)C(C)Sc2cccc(NC(=O)/C(=C/c3ccc(OCc4ccccc4)cc3)NC(=O)c3ccccc3)c2)c(OC)c1. The maximum atomic E-state index is 13.7. The molecule has 254 valence electrons. The van der Waals surface area contributed by atoms with E-state index in [2.05, 4.69) is 16.0 Å². The van der Waals surface area contributed by atoms with Crippen LogP contribution in [0.2, 0.25) is 0 Å². The first kappa shape index (κ1) is 35.3. The predicted molar refractivity (Wildman–Crippen MR) is 198 cm³/mol. The zero-order valence-corrected chi connectivity index (χ0v) is 28.7. The summed E-state index contributed by atoms with van der Waals surface area (Å²) in [6.45, 7) is 2.22. The molecule has 1 unspecified atom stereocenters. The maximum absolute atomic E-state index is 13.7. The van der Waals surface area contributed by atoms with Gasteiger partial charge in [-0.05, 0) is 78.7 Å². The van der Waals surface area contributed by atoms with Crippen LogP contribution in [0.3, 0.4) is 0 Å². The summed E-state index contributed by atoms with van der Waals surface area (Å²) in [5, 5.41) is 8.08. The highest BCUT2D eigenvalue weighted by molar-refractivity contribution is 8.00. The van der Waals surface area contributed by atoms with Gasteiger partial charge < -0.3 is 30.2 Å². The Morgan fingerprint density at radius 3 is 2.14 bits per heavy atom. The summed E-state index contributed by atoms with van der Waals surface area (Å²) >= 11 is 1.33. The van der Waals surface area contributed by atoms with E-state index in [1.165, 1.54) is 18.9 Å². The zero-order valence-electron chi connectivity index (χ0n) is 27.8. The van der Waals surface area contributed by atoms with E-state index in [0.29, 0.717) is 46.4 Å². The highest BCUT2D eigenvalue weighted by atomic mass is 32.2. The van der Waals surface area contributed by atoms with E-state index in [0.717, 1.165) is 10.5 Å². The molecule has 0 aromatic heterocycles. The van der Waals surface area contributed by atoms with E-state index in [1.807, 2.05) is 66.7 Å². The lowest BCUT2D eigenvalue weighted by Gasteiger charge is -2.16. The summed E-state index contributed by atoms with van der Waals surface area (Å²) in [4.78, 5) is 40.6. The van der Waals surface area contributed by atoms with Crippen LogP contribution >= 0.6 is 11.8 Å². The van der Waals surface area contributed by atoms with Gasteiger partial charge >= 0.3 is 0 Å². The van der Waals surface area contributed by atoms with E-state index in [4.69, 9.17) is 14.2 Å². The van der Waals surface area contributed by atoms with Crippen LogP contribution in [0.1, 0.15) is 28.4 Å². The lowest BCUT2D eigenvalue weighted by molar-refractivity contribution is -0.115. The van der Waals surface area contributed by atoms with Crippen molar-refractivity contribution in [3.05, 3.63) is 150 Å². The fourth-order valence-electron chi connectivity index (χ4n) is 4.75. The highest BCUT2D eigenvalue weighted by Crippen LogP contribution is 2.31. The monoisotopic (exact) mass is 687 g/mol. The van der Waals surface area contributed by atoms with E-state index < -0.39 is 17.1 Å². The Kier molecular flexibility index (Phi) is 12.3. The molecule has 1 atom stereocenters. The van der Waals surface area contributed by atoms with E-state index in [9.17, 15) is 14.4 Å². The van der Waals surface area contributed by atoms with Gasteiger partial charge in [0.25, 0.3) is 11.8 Å². The van der Waals surface area contributed by atoms with Gasteiger partial charge in [0.05, 0.1) is 25.2 Å². The minimum absolute atomic E-state index is 0.0519. The molecule has 0 fully saturated rings. The van der Waals surface area contributed by atoms with Gasteiger partial charge in [0.1, 0.15) is 29.6 Å². The number of rotatable bonds is 14. The van der Waals surface area contributed by atoms with Crippen LogP contribution in [0.25, 0.3) is 6.08 Å². The van der Waals surface area contributed by atoms with Crippen LogP contribution in [0.5, 0.6) is 17.2 Å². The fraction of sp³-hybridized carbons (Fsp3) is 0.125. The average Bonchev–Trinajstić information content (AvgIpc) is 3.15. The van der Waals surface area contributed by atoms with Gasteiger partial charge in [0, 0.05) is 22.2 Å². The molecule has 10 heteroatoms. The number of thioether (sulfide) groups is 1. The lowest BCUT2D eigenvalue weighted by atomic mass is 10.1. The molecule has 5 rings (SSSR count). The molecule has 3 amide bonds. The molecule has 5 aromatic rings. The number of benzene rings is 5. The quantitative estimate of drug-likeness (QED) is 0.0806. The smallest absolute Gasteiger partial charge is 0.272 e. The molecular formula is C40H37N3O6S. The third-order valence-electron chi connectivity index (χ3n) is 7.41. The summed E-state index contributed by atoms with van der Waals surface area (Å²) in [5.41, 5.74) is 3.22. The lowest BCUT2D eigenvalue weighted by Crippen LogP contribution is -2.30. The number of ether oxygens (including phenoxy) is 3. The van der Waals surface area contributed by atoms with Crippen molar-refractivity contribution < 1.29 is 28.6 Å². The van der Waals surface area contributed by atoms with Crippen molar-refractivity contribution in [1.82, 2.24) is 5.32 Å². The van der Waals surface area contributed by atoms with Crippen molar-refractivity contribution in [1.29, 1.82) is 0 Å². The van der Waals surface area contributed by atoms with Crippen molar-refractivity contribution in [2.24, 2.45) is 0 Å². The number of nitrogens with one attached hydrogen (secondary N) is 3. The van der Waals surface area contributed by atoms with Crippen molar-refractivity contribution in [3.63, 3.8) is 0 Å². The summed E-state index contributed by atoms with van der Waals surface area (Å²) in [7, 11) is 3.08. The number of carbonyl (C=O) groups is 3. The molecule has 0 bridgehead atoms. The first-order valence-corrected chi connectivity index (χ1v) is 16.6. The Balaban J connectivity index is 1.28.